The van der Waals surface area contributed by atoms with Crippen molar-refractivity contribution in [3.8, 4) is 0 Å². The summed E-state index contributed by atoms with van der Waals surface area (Å²) in [6.45, 7) is 1.88. The molecule has 0 aromatic heterocycles. The molecule has 18 heavy (non-hydrogen) atoms. The lowest BCUT2D eigenvalue weighted by atomic mass is 10.0. The molecule has 0 bridgehead atoms. The predicted octanol–water partition coefficient (Wildman–Crippen LogP) is 1.19. The highest BCUT2D eigenvalue weighted by molar-refractivity contribution is 7.99. The highest BCUT2D eigenvalue weighted by atomic mass is 32.2. The van der Waals surface area contributed by atoms with E-state index in [0.29, 0.717) is 11.0 Å². The number of hydrogen-bond acceptors (Lipinski definition) is 4. The van der Waals surface area contributed by atoms with E-state index in [-0.39, 0.29) is 12.0 Å². The maximum absolute atomic E-state index is 12.1. The van der Waals surface area contributed by atoms with Crippen LogP contribution < -0.4 is 10.0 Å². The fourth-order valence-corrected chi connectivity index (χ4v) is 5.46. The second-order valence-electron chi connectivity index (χ2n) is 5.48. The molecule has 2 rings (SSSR count). The Bertz CT molecular complexity index is 353. The fraction of sp³-hybridized carbons (Fsp3) is 1.00. The van der Waals surface area contributed by atoms with Crippen LogP contribution in [0, 0.1) is 5.92 Å². The third kappa shape index (κ3) is 4.40. The van der Waals surface area contributed by atoms with Gasteiger partial charge in [0.2, 0.25) is 10.0 Å². The molecule has 4 nitrogen and oxygen atoms in total. The Hall–Kier alpha value is 0.220. The summed E-state index contributed by atoms with van der Waals surface area (Å²) in [5, 5.41) is 3.91. The summed E-state index contributed by atoms with van der Waals surface area (Å²) in [4.78, 5) is 0. The quantitative estimate of drug-likeness (QED) is 0.799. The van der Waals surface area contributed by atoms with E-state index in [9.17, 15) is 8.42 Å². The average Bonchev–Trinajstić information content (AvgIpc) is 2.76. The van der Waals surface area contributed by atoms with E-state index in [4.69, 9.17) is 0 Å². The molecule has 0 aromatic rings. The molecule has 0 spiro atoms. The summed E-state index contributed by atoms with van der Waals surface area (Å²) in [5.74, 6) is 0.578. The number of nitrogens with one attached hydrogen (secondary N) is 2. The van der Waals surface area contributed by atoms with Crippen molar-refractivity contribution < 1.29 is 8.42 Å². The number of rotatable bonds is 5. The summed E-state index contributed by atoms with van der Waals surface area (Å²) in [5.41, 5.74) is 0. The molecule has 2 aliphatic rings. The first-order valence-electron chi connectivity index (χ1n) is 6.82. The Morgan fingerprint density at radius 1 is 1.33 bits per heavy atom. The van der Waals surface area contributed by atoms with E-state index in [1.54, 1.807) is 0 Å². The Labute approximate surface area is 115 Å². The molecule has 2 N–H and O–H groups in total. The summed E-state index contributed by atoms with van der Waals surface area (Å²) in [6, 6.07) is 0.170. The van der Waals surface area contributed by atoms with Crippen molar-refractivity contribution in [1.29, 1.82) is 0 Å². The SMILES string of the molecule is CSC1CCC(NS(=O)(=O)CC2CCCNC2)C1. The average molecular weight is 292 g/mol. The molecule has 1 saturated heterocycles. The highest BCUT2D eigenvalue weighted by Gasteiger charge is 2.29. The van der Waals surface area contributed by atoms with Crippen LogP contribution in [0.5, 0.6) is 0 Å². The topological polar surface area (TPSA) is 58.2 Å². The van der Waals surface area contributed by atoms with Crippen molar-refractivity contribution >= 4 is 21.8 Å². The van der Waals surface area contributed by atoms with Crippen LogP contribution in [0.1, 0.15) is 32.1 Å². The van der Waals surface area contributed by atoms with Gasteiger partial charge in [0.15, 0.2) is 0 Å². The van der Waals surface area contributed by atoms with Crippen LogP contribution in [-0.4, -0.2) is 44.8 Å². The molecule has 1 aliphatic heterocycles. The van der Waals surface area contributed by atoms with Crippen LogP contribution in [0.2, 0.25) is 0 Å². The van der Waals surface area contributed by atoms with Crippen molar-refractivity contribution in [1.82, 2.24) is 10.0 Å². The lowest BCUT2D eigenvalue weighted by molar-refractivity contribution is 0.401. The fourth-order valence-electron chi connectivity index (χ4n) is 2.94. The Kier molecular flexibility index (Phi) is 5.35. The zero-order valence-corrected chi connectivity index (χ0v) is 12.7. The van der Waals surface area contributed by atoms with E-state index in [0.717, 1.165) is 45.2 Å². The van der Waals surface area contributed by atoms with Gasteiger partial charge in [0.1, 0.15) is 0 Å². The number of hydrogen-bond donors (Lipinski definition) is 2. The van der Waals surface area contributed by atoms with Crippen molar-refractivity contribution in [3.05, 3.63) is 0 Å². The third-order valence-electron chi connectivity index (χ3n) is 3.92. The minimum atomic E-state index is -3.10. The van der Waals surface area contributed by atoms with Gasteiger partial charge in [0, 0.05) is 11.3 Å². The van der Waals surface area contributed by atoms with Gasteiger partial charge in [-0.1, -0.05) is 0 Å². The lowest BCUT2D eigenvalue weighted by Gasteiger charge is -2.23. The van der Waals surface area contributed by atoms with Crippen LogP contribution in [0.3, 0.4) is 0 Å². The molecule has 106 valence electrons. The third-order valence-corrected chi connectivity index (χ3v) is 6.62. The Morgan fingerprint density at radius 3 is 2.78 bits per heavy atom. The van der Waals surface area contributed by atoms with Gasteiger partial charge in [-0.2, -0.15) is 11.8 Å². The smallest absolute Gasteiger partial charge is 0.212 e. The zero-order chi connectivity index (χ0) is 13.0. The van der Waals surface area contributed by atoms with Gasteiger partial charge < -0.3 is 5.32 Å². The van der Waals surface area contributed by atoms with Crippen molar-refractivity contribution in [2.45, 2.75) is 43.4 Å². The van der Waals surface area contributed by atoms with Crippen molar-refractivity contribution in [3.63, 3.8) is 0 Å². The van der Waals surface area contributed by atoms with Crippen molar-refractivity contribution in [2.75, 3.05) is 25.1 Å². The first-order chi connectivity index (χ1) is 8.59. The second kappa shape index (κ2) is 6.59. The molecule has 1 aliphatic carbocycles. The van der Waals surface area contributed by atoms with E-state index >= 15 is 0 Å². The Balaban J connectivity index is 1.80. The molecule has 2 fully saturated rings. The number of thioether (sulfide) groups is 1. The number of piperidine rings is 1. The summed E-state index contributed by atoms with van der Waals surface area (Å²) in [7, 11) is -3.10. The molecule has 0 radical (unpaired) electrons. The van der Waals surface area contributed by atoms with Crippen LogP contribution >= 0.6 is 11.8 Å². The molecule has 6 heteroatoms. The van der Waals surface area contributed by atoms with Crippen LogP contribution in [-0.2, 0) is 10.0 Å². The maximum atomic E-state index is 12.1. The van der Waals surface area contributed by atoms with Crippen LogP contribution in [0.25, 0.3) is 0 Å². The summed E-state index contributed by atoms with van der Waals surface area (Å²) >= 11 is 1.85. The largest absolute Gasteiger partial charge is 0.316 e. The molecular formula is C12H24N2O2S2. The molecule has 0 aromatic carbocycles. The highest BCUT2D eigenvalue weighted by Crippen LogP contribution is 2.28. The van der Waals surface area contributed by atoms with E-state index in [2.05, 4.69) is 16.3 Å². The van der Waals surface area contributed by atoms with Gasteiger partial charge in [-0.3, -0.25) is 0 Å². The Morgan fingerprint density at radius 2 is 2.17 bits per heavy atom. The van der Waals surface area contributed by atoms with Gasteiger partial charge in [-0.15, -0.1) is 0 Å². The van der Waals surface area contributed by atoms with Gasteiger partial charge in [0.25, 0.3) is 0 Å². The van der Waals surface area contributed by atoms with Gasteiger partial charge in [-0.25, -0.2) is 13.1 Å². The minimum Gasteiger partial charge on any atom is -0.316 e. The minimum absolute atomic E-state index is 0.170. The van der Waals surface area contributed by atoms with Gasteiger partial charge in [-0.05, 0) is 57.4 Å². The second-order valence-corrected chi connectivity index (χ2v) is 8.42. The van der Waals surface area contributed by atoms with Crippen molar-refractivity contribution in [2.24, 2.45) is 5.92 Å². The summed E-state index contributed by atoms with van der Waals surface area (Å²) < 4.78 is 27.1. The zero-order valence-electron chi connectivity index (χ0n) is 11.0. The molecule has 1 saturated carbocycles. The molecule has 1 heterocycles. The molecule has 0 amide bonds. The standard InChI is InChI=1S/C12H24N2O2S2/c1-17-12-5-4-11(7-12)14-18(15,16)9-10-3-2-6-13-8-10/h10-14H,2-9H2,1H3. The first kappa shape index (κ1) is 14.6. The monoisotopic (exact) mass is 292 g/mol. The van der Waals surface area contributed by atoms with E-state index < -0.39 is 10.0 Å². The molecule has 3 unspecified atom stereocenters. The van der Waals surface area contributed by atoms with Gasteiger partial charge in [0.05, 0.1) is 5.75 Å². The summed E-state index contributed by atoms with van der Waals surface area (Å²) in [6.07, 6.45) is 7.36. The van der Waals surface area contributed by atoms with E-state index in [1.807, 2.05) is 11.8 Å². The van der Waals surface area contributed by atoms with E-state index in [1.165, 1.54) is 0 Å². The normalized spacial score (nSPS) is 33.7. The molecular weight excluding hydrogens is 268 g/mol. The lowest BCUT2D eigenvalue weighted by Crippen LogP contribution is -2.40. The van der Waals surface area contributed by atoms with Crippen LogP contribution in [0.4, 0.5) is 0 Å². The first-order valence-corrected chi connectivity index (χ1v) is 9.76. The van der Waals surface area contributed by atoms with Crippen LogP contribution in [0.15, 0.2) is 0 Å². The molecule has 3 atom stereocenters. The maximum Gasteiger partial charge on any atom is 0.212 e. The van der Waals surface area contributed by atoms with Gasteiger partial charge >= 0.3 is 0 Å². The predicted molar refractivity (Wildman–Crippen MR) is 77.5 cm³/mol. The number of sulfonamides is 1.